The van der Waals surface area contributed by atoms with Gasteiger partial charge in [-0.05, 0) is 36.4 Å². The first-order valence-electron chi connectivity index (χ1n) is 8.90. The van der Waals surface area contributed by atoms with Crippen LogP contribution in [-0.4, -0.2) is 28.8 Å². The van der Waals surface area contributed by atoms with Crippen LogP contribution in [0.4, 0.5) is 0 Å². The molecule has 8 heteroatoms. The zero-order valence-electron chi connectivity index (χ0n) is 15.4. The third kappa shape index (κ3) is 5.24. The average molecular weight is 411 g/mol. The molecule has 0 spiro atoms. The van der Waals surface area contributed by atoms with Crippen LogP contribution in [0, 0.1) is 0 Å². The quantitative estimate of drug-likeness (QED) is 0.545. The van der Waals surface area contributed by atoms with Crippen molar-refractivity contribution in [2.24, 2.45) is 0 Å². The molecule has 0 aliphatic rings. The number of hydrazine groups is 1. The molecule has 148 valence electrons. The third-order valence-electron chi connectivity index (χ3n) is 4.10. The maximum atomic E-state index is 12.4. The van der Waals surface area contributed by atoms with Crippen LogP contribution < -0.4 is 16.2 Å². The van der Waals surface area contributed by atoms with Gasteiger partial charge >= 0.3 is 0 Å². The summed E-state index contributed by atoms with van der Waals surface area (Å²) >= 11 is 5.96. The Kier molecular flexibility index (Phi) is 6.65. The lowest BCUT2D eigenvalue weighted by Gasteiger charge is -2.12. The van der Waals surface area contributed by atoms with Gasteiger partial charge in [0.15, 0.2) is 0 Å². The highest BCUT2D eigenvalue weighted by Crippen LogP contribution is 2.15. The molecule has 0 aliphatic heterocycles. The van der Waals surface area contributed by atoms with Crippen molar-refractivity contribution in [1.82, 2.24) is 20.7 Å². The van der Waals surface area contributed by atoms with Crippen LogP contribution in [-0.2, 0) is 4.79 Å². The van der Waals surface area contributed by atoms with Crippen LogP contribution in [0.2, 0.25) is 5.02 Å². The average Bonchev–Trinajstić information content (AvgIpc) is 3.27. The standard InChI is InChI=1S/C21H19ClN4O3/c22-17-9-3-1-7-15(17)20(28)23-12-11-19(27)24-25-21(29)16-8-2-4-10-18(16)26-13-5-6-14-26/h1-10,13-14H,11-12H2,(H,23,28)(H,24,27)(H,25,29). The van der Waals surface area contributed by atoms with Crippen LogP contribution in [0.5, 0.6) is 0 Å². The van der Waals surface area contributed by atoms with Crippen molar-refractivity contribution in [2.45, 2.75) is 6.42 Å². The Balaban J connectivity index is 1.48. The number of hydrogen-bond acceptors (Lipinski definition) is 3. The molecule has 2 aromatic carbocycles. The zero-order valence-corrected chi connectivity index (χ0v) is 16.1. The largest absolute Gasteiger partial charge is 0.351 e. The number of halogens is 1. The molecule has 0 saturated carbocycles. The van der Waals surface area contributed by atoms with Crippen LogP contribution in [0.3, 0.4) is 0 Å². The van der Waals surface area contributed by atoms with Crippen molar-refractivity contribution in [2.75, 3.05) is 6.54 Å². The number of para-hydroxylation sites is 1. The van der Waals surface area contributed by atoms with Gasteiger partial charge in [0.2, 0.25) is 5.91 Å². The number of nitrogens with zero attached hydrogens (tertiary/aromatic N) is 1. The highest BCUT2D eigenvalue weighted by molar-refractivity contribution is 6.33. The second-order valence-corrected chi connectivity index (χ2v) is 6.50. The molecule has 29 heavy (non-hydrogen) atoms. The molecule has 0 radical (unpaired) electrons. The van der Waals surface area contributed by atoms with Crippen molar-refractivity contribution in [3.63, 3.8) is 0 Å². The molecule has 0 bridgehead atoms. The Hall–Kier alpha value is -3.58. The second kappa shape index (κ2) is 9.57. The summed E-state index contributed by atoms with van der Waals surface area (Å²) in [5.74, 6) is -1.24. The summed E-state index contributed by atoms with van der Waals surface area (Å²) in [6.45, 7) is 0.103. The van der Waals surface area contributed by atoms with Gasteiger partial charge in [-0.2, -0.15) is 0 Å². The summed E-state index contributed by atoms with van der Waals surface area (Å²) in [6.07, 6.45) is 3.65. The topological polar surface area (TPSA) is 92.2 Å². The summed E-state index contributed by atoms with van der Waals surface area (Å²) in [7, 11) is 0. The Morgan fingerprint density at radius 1 is 0.793 bits per heavy atom. The number of aromatic nitrogens is 1. The molecule has 3 aromatic rings. The zero-order chi connectivity index (χ0) is 20.6. The number of benzene rings is 2. The normalized spacial score (nSPS) is 10.2. The first-order valence-corrected chi connectivity index (χ1v) is 9.28. The maximum Gasteiger partial charge on any atom is 0.271 e. The van der Waals surface area contributed by atoms with Gasteiger partial charge in [-0.25, -0.2) is 0 Å². The van der Waals surface area contributed by atoms with E-state index in [2.05, 4.69) is 16.2 Å². The highest BCUT2D eigenvalue weighted by Gasteiger charge is 2.13. The number of carbonyl (C=O) groups excluding carboxylic acids is 3. The van der Waals surface area contributed by atoms with Gasteiger partial charge in [0.05, 0.1) is 21.8 Å². The number of amides is 3. The minimum Gasteiger partial charge on any atom is -0.351 e. The Morgan fingerprint density at radius 2 is 1.45 bits per heavy atom. The fraction of sp³-hybridized carbons (Fsp3) is 0.0952. The van der Waals surface area contributed by atoms with Crippen LogP contribution in [0.25, 0.3) is 5.69 Å². The molecular weight excluding hydrogens is 392 g/mol. The Morgan fingerprint density at radius 3 is 2.17 bits per heavy atom. The smallest absolute Gasteiger partial charge is 0.271 e. The molecule has 1 heterocycles. The highest BCUT2D eigenvalue weighted by atomic mass is 35.5. The molecule has 0 unspecified atom stereocenters. The van der Waals surface area contributed by atoms with E-state index in [1.165, 1.54) is 0 Å². The first-order chi connectivity index (χ1) is 14.1. The lowest BCUT2D eigenvalue weighted by Crippen LogP contribution is -2.43. The van der Waals surface area contributed by atoms with Crippen molar-refractivity contribution in [1.29, 1.82) is 0 Å². The summed E-state index contributed by atoms with van der Waals surface area (Å²) < 4.78 is 1.81. The first kappa shape index (κ1) is 20.2. The van der Waals surface area contributed by atoms with E-state index < -0.39 is 11.8 Å². The maximum absolute atomic E-state index is 12.4. The van der Waals surface area contributed by atoms with E-state index in [-0.39, 0.29) is 18.9 Å². The van der Waals surface area contributed by atoms with E-state index in [1.54, 1.807) is 47.0 Å². The molecule has 3 amide bonds. The van der Waals surface area contributed by atoms with Gasteiger partial charge in [-0.15, -0.1) is 0 Å². The van der Waals surface area contributed by atoms with E-state index in [9.17, 15) is 14.4 Å². The monoisotopic (exact) mass is 410 g/mol. The number of nitrogens with one attached hydrogen (secondary N) is 3. The predicted octanol–water partition coefficient (Wildman–Crippen LogP) is 2.71. The number of hydrogen-bond donors (Lipinski definition) is 3. The summed E-state index contributed by atoms with van der Waals surface area (Å²) in [6, 6.07) is 17.4. The van der Waals surface area contributed by atoms with Crippen molar-refractivity contribution in [3.8, 4) is 5.69 Å². The molecule has 3 N–H and O–H groups in total. The molecule has 0 saturated heterocycles. The molecule has 0 atom stereocenters. The lowest BCUT2D eigenvalue weighted by molar-refractivity contribution is -0.121. The summed E-state index contributed by atoms with van der Waals surface area (Å²) in [4.78, 5) is 36.5. The summed E-state index contributed by atoms with van der Waals surface area (Å²) in [5.41, 5.74) is 6.19. The van der Waals surface area contributed by atoms with Gasteiger partial charge < -0.3 is 9.88 Å². The minimum absolute atomic E-state index is 0.00425. The minimum atomic E-state index is -0.442. The lowest BCUT2D eigenvalue weighted by atomic mass is 10.1. The molecular formula is C21H19ClN4O3. The van der Waals surface area contributed by atoms with Crippen LogP contribution in [0.1, 0.15) is 27.1 Å². The second-order valence-electron chi connectivity index (χ2n) is 6.10. The molecule has 7 nitrogen and oxygen atoms in total. The van der Waals surface area contributed by atoms with Crippen molar-refractivity contribution >= 4 is 29.3 Å². The molecule has 3 rings (SSSR count). The number of rotatable bonds is 6. The van der Waals surface area contributed by atoms with Gasteiger partial charge in [0.25, 0.3) is 11.8 Å². The van der Waals surface area contributed by atoms with Gasteiger partial charge in [-0.1, -0.05) is 35.9 Å². The van der Waals surface area contributed by atoms with E-state index in [4.69, 9.17) is 11.6 Å². The fourth-order valence-electron chi connectivity index (χ4n) is 2.67. The Bertz CT molecular complexity index is 1020. The van der Waals surface area contributed by atoms with Crippen LogP contribution >= 0.6 is 11.6 Å². The molecule has 0 aliphatic carbocycles. The fourth-order valence-corrected chi connectivity index (χ4v) is 2.89. The van der Waals surface area contributed by atoms with Crippen molar-refractivity contribution in [3.05, 3.63) is 89.2 Å². The van der Waals surface area contributed by atoms with Gasteiger partial charge in [0, 0.05) is 25.4 Å². The van der Waals surface area contributed by atoms with Crippen LogP contribution in [0.15, 0.2) is 73.1 Å². The third-order valence-corrected chi connectivity index (χ3v) is 4.43. The SMILES string of the molecule is O=C(CCNC(=O)c1ccccc1Cl)NNC(=O)c1ccccc1-n1cccc1. The van der Waals surface area contributed by atoms with E-state index in [0.29, 0.717) is 21.8 Å². The van der Waals surface area contributed by atoms with E-state index in [0.717, 1.165) is 0 Å². The van der Waals surface area contributed by atoms with Crippen molar-refractivity contribution < 1.29 is 14.4 Å². The number of carbonyl (C=O) groups is 3. The van der Waals surface area contributed by atoms with E-state index >= 15 is 0 Å². The Labute approximate surface area is 172 Å². The predicted molar refractivity (Wildman–Crippen MR) is 110 cm³/mol. The summed E-state index contributed by atoms with van der Waals surface area (Å²) in [5, 5.41) is 2.95. The van der Waals surface area contributed by atoms with Gasteiger partial charge in [0.1, 0.15) is 0 Å². The molecule has 1 aromatic heterocycles. The molecule has 0 fully saturated rings. The van der Waals surface area contributed by atoms with Gasteiger partial charge in [-0.3, -0.25) is 25.2 Å². The van der Waals surface area contributed by atoms with E-state index in [1.807, 2.05) is 30.6 Å².